The maximum atomic E-state index is 9.92. The van der Waals surface area contributed by atoms with Crippen molar-refractivity contribution in [1.29, 1.82) is 0 Å². The largest absolute Gasteiger partial charge is 0.389 e. The van der Waals surface area contributed by atoms with E-state index in [0.29, 0.717) is 12.3 Å². The number of rotatable bonds is 3. The highest BCUT2D eigenvalue weighted by Crippen LogP contribution is 2.31. The molecule has 1 fully saturated rings. The lowest BCUT2D eigenvalue weighted by Gasteiger charge is -2.29. The maximum Gasteiger partial charge on any atom is 0.0731 e. The molecule has 0 aromatic rings. The molecule has 0 amide bonds. The van der Waals surface area contributed by atoms with E-state index in [1.54, 1.807) is 0 Å². The van der Waals surface area contributed by atoms with Crippen LogP contribution in [0.1, 0.15) is 51.9 Å². The molecule has 74 valence electrons. The van der Waals surface area contributed by atoms with Crippen LogP contribution in [0.4, 0.5) is 0 Å². The number of hydrogen-bond acceptors (Lipinski definition) is 1. The number of terminal acetylenes is 1. The van der Waals surface area contributed by atoms with Gasteiger partial charge in [-0.05, 0) is 19.3 Å². The zero-order valence-electron chi connectivity index (χ0n) is 8.55. The zero-order valence-corrected chi connectivity index (χ0v) is 8.55. The summed E-state index contributed by atoms with van der Waals surface area (Å²) in [5, 5.41) is 9.92. The van der Waals surface area contributed by atoms with Gasteiger partial charge in [0.2, 0.25) is 0 Å². The molecule has 0 aromatic carbocycles. The second-order valence-corrected chi connectivity index (χ2v) is 4.59. The Morgan fingerprint density at radius 3 is 2.54 bits per heavy atom. The molecule has 1 nitrogen and oxygen atoms in total. The van der Waals surface area contributed by atoms with Crippen LogP contribution in [0.25, 0.3) is 0 Å². The Morgan fingerprint density at radius 2 is 2.00 bits per heavy atom. The summed E-state index contributed by atoms with van der Waals surface area (Å²) >= 11 is 0. The second kappa shape index (κ2) is 4.67. The molecule has 1 saturated carbocycles. The highest BCUT2D eigenvalue weighted by molar-refractivity contribution is 4.94. The van der Waals surface area contributed by atoms with Crippen LogP contribution in [-0.4, -0.2) is 10.7 Å². The van der Waals surface area contributed by atoms with Crippen molar-refractivity contribution in [3.8, 4) is 12.3 Å². The lowest BCUT2D eigenvalue weighted by molar-refractivity contribution is 0.0324. The molecule has 1 atom stereocenters. The summed E-state index contributed by atoms with van der Waals surface area (Å²) in [6.07, 6.45) is 13.2. The summed E-state index contributed by atoms with van der Waals surface area (Å²) in [5.41, 5.74) is -0.628. The van der Waals surface area contributed by atoms with E-state index in [1.165, 1.54) is 32.1 Å². The third-order valence-corrected chi connectivity index (χ3v) is 2.94. The first kappa shape index (κ1) is 10.6. The zero-order chi connectivity index (χ0) is 9.73. The van der Waals surface area contributed by atoms with E-state index < -0.39 is 5.60 Å². The van der Waals surface area contributed by atoms with Crippen LogP contribution in [0.5, 0.6) is 0 Å². The Bertz CT molecular complexity index is 182. The fraction of sp³-hybridized carbons (Fsp3) is 0.833. The van der Waals surface area contributed by atoms with E-state index in [-0.39, 0.29) is 0 Å². The summed E-state index contributed by atoms with van der Waals surface area (Å²) < 4.78 is 0. The topological polar surface area (TPSA) is 20.2 Å². The van der Waals surface area contributed by atoms with Crippen molar-refractivity contribution >= 4 is 0 Å². The van der Waals surface area contributed by atoms with Crippen LogP contribution in [0.2, 0.25) is 0 Å². The quantitative estimate of drug-likeness (QED) is 0.662. The van der Waals surface area contributed by atoms with E-state index in [2.05, 4.69) is 5.92 Å². The van der Waals surface area contributed by atoms with Crippen LogP contribution in [0.15, 0.2) is 0 Å². The summed E-state index contributed by atoms with van der Waals surface area (Å²) in [5.74, 6) is 3.25. The minimum absolute atomic E-state index is 0.490. The lowest BCUT2D eigenvalue weighted by atomic mass is 9.80. The number of hydrogen-bond donors (Lipinski definition) is 1. The van der Waals surface area contributed by atoms with Gasteiger partial charge in [0.1, 0.15) is 0 Å². The molecule has 13 heavy (non-hydrogen) atoms. The van der Waals surface area contributed by atoms with Crippen molar-refractivity contribution in [3.05, 3.63) is 0 Å². The second-order valence-electron chi connectivity index (χ2n) is 4.59. The summed E-state index contributed by atoms with van der Waals surface area (Å²) in [6, 6.07) is 0. The predicted molar refractivity (Wildman–Crippen MR) is 55.3 cm³/mol. The molecule has 1 N–H and O–H groups in total. The van der Waals surface area contributed by atoms with Gasteiger partial charge in [-0.3, -0.25) is 0 Å². The molecule has 0 aromatic heterocycles. The van der Waals surface area contributed by atoms with E-state index in [4.69, 9.17) is 6.42 Å². The van der Waals surface area contributed by atoms with Crippen LogP contribution in [0, 0.1) is 18.3 Å². The molecule has 0 heterocycles. The number of aliphatic hydroxyl groups is 1. The molecule has 1 rings (SSSR count). The van der Waals surface area contributed by atoms with Gasteiger partial charge in [0.15, 0.2) is 0 Å². The summed E-state index contributed by atoms with van der Waals surface area (Å²) in [4.78, 5) is 0. The third-order valence-electron chi connectivity index (χ3n) is 2.94. The standard InChI is InChI=1S/C12H20O/c1-3-9-12(2,13)10-11-7-5-4-6-8-11/h1,11,13H,4-10H2,2H3. The van der Waals surface area contributed by atoms with Crippen molar-refractivity contribution in [3.63, 3.8) is 0 Å². The van der Waals surface area contributed by atoms with Crippen LogP contribution >= 0.6 is 0 Å². The fourth-order valence-electron chi connectivity index (χ4n) is 2.31. The van der Waals surface area contributed by atoms with Crippen molar-refractivity contribution in [2.75, 3.05) is 0 Å². The molecule has 1 heteroatoms. The predicted octanol–water partition coefficient (Wildman–Crippen LogP) is 2.73. The molecule has 0 bridgehead atoms. The SMILES string of the molecule is C#CCC(C)(O)CC1CCCCC1. The average molecular weight is 180 g/mol. The Kier molecular flexibility index (Phi) is 3.81. The van der Waals surface area contributed by atoms with Crippen LogP contribution < -0.4 is 0 Å². The van der Waals surface area contributed by atoms with Crippen LogP contribution in [-0.2, 0) is 0 Å². The van der Waals surface area contributed by atoms with Gasteiger partial charge in [0.05, 0.1) is 5.60 Å². The highest BCUT2D eigenvalue weighted by Gasteiger charge is 2.25. The molecule has 0 aliphatic heterocycles. The van der Waals surface area contributed by atoms with Crippen molar-refractivity contribution in [1.82, 2.24) is 0 Å². The van der Waals surface area contributed by atoms with Gasteiger partial charge in [0, 0.05) is 6.42 Å². The molecular formula is C12H20O. The molecule has 0 spiro atoms. The Hall–Kier alpha value is -0.480. The Morgan fingerprint density at radius 1 is 1.38 bits per heavy atom. The maximum absolute atomic E-state index is 9.92. The Labute approximate surface area is 81.5 Å². The Balaban J connectivity index is 2.33. The summed E-state index contributed by atoms with van der Waals surface area (Å²) in [6.45, 7) is 1.86. The van der Waals surface area contributed by atoms with Crippen LogP contribution in [0.3, 0.4) is 0 Å². The minimum Gasteiger partial charge on any atom is -0.389 e. The van der Waals surface area contributed by atoms with Gasteiger partial charge < -0.3 is 5.11 Å². The van der Waals surface area contributed by atoms with E-state index in [9.17, 15) is 5.11 Å². The first-order valence-corrected chi connectivity index (χ1v) is 5.30. The van der Waals surface area contributed by atoms with E-state index in [0.717, 1.165) is 6.42 Å². The smallest absolute Gasteiger partial charge is 0.0731 e. The van der Waals surface area contributed by atoms with Gasteiger partial charge in [-0.25, -0.2) is 0 Å². The van der Waals surface area contributed by atoms with Gasteiger partial charge in [-0.1, -0.05) is 32.1 Å². The van der Waals surface area contributed by atoms with Crippen molar-refractivity contribution in [2.45, 2.75) is 57.5 Å². The van der Waals surface area contributed by atoms with Gasteiger partial charge >= 0.3 is 0 Å². The molecule has 0 saturated heterocycles. The molecule has 0 radical (unpaired) electrons. The van der Waals surface area contributed by atoms with Gasteiger partial charge in [0.25, 0.3) is 0 Å². The molecular weight excluding hydrogens is 160 g/mol. The monoisotopic (exact) mass is 180 g/mol. The van der Waals surface area contributed by atoms with E-state index >= 15 is 0 Å². The molecule has 1 unspecified atom stereocenters. The van der Waals surface area contributed by atoms with Gasteiger partial charge in [-0.15, -0.1) is 12.3 Å². The van der Waals surface area contributed by atoms with Crippen molar-refractivity contribution in [2.24, 2.45) is 5.92 Å². The summed E-state index contributed by atoms with van der Waals surface area (Å²) in [7, 11) is 0. The minimum atomic E-state index is -0.628. The van der Waals surface area contributed by atoms with Crippen molar-refractivity contribution < 1.29 is 5.11 Å². The third kappa shape index (κ3) is 3.83. The average Bonchev–Trinajstić information content (AvgIpc) is 2.04. The fourth-order valence-corrected chi connectivity index (χ4v) is 2.31. The van der Waals surface area contributed by atoms with Gasteiger partial charge in [-0.2, -0.15) is 0 Å². The highest BCUT2D eigenvalue weighted by atomic mass is 16.3. The first-order chi connectivity index (χ1) is 6.14. The first-order valence-electron chi connectivity index (χ1n) is 5.30. The molecule has 1 aliphatic rings. The molecule has 1 aliphatic carbocycles. The normalized spacial score (nSPS) is 23.5. The lowest BCUT2D eigenvalue weighted by Crippen LogP contribution is -2.27. The van der Waals surface area contributed by atoms with E-state index in [1.807, 2.05) is 6.92 Å².